The molecule has 1 atom stereocenters. The first-order valence-electron chi connectivity index (χ1n) is 7.54. The summed E-state index contributed by atoms with van der Waals surface area (Å²) in [5.74, 6) is 0. The molecule has 1 rings (SSSR count). The van der Waals surface area contributed by atoms with Gasteiger partial charge in [-0.05, 0) is 40.2 Å². The lowest BCUT2D eigenvalue weighted by Gasteiger charge is -2.42. The Morgan fingerprint density at radius 3 is 2.35 bits per heavy atom. The molecule has 2 heteroatoms. The minimum Gasteiger partial charge on any atom is -0.314 e. The van der Waals surface area contributed by atoms with Crippen LogP contribution >= 0.6 is 0 Å². The Morgan fingerprint density at radius 1 is 1.18 bits per heavy atom. The molecule has 0 bridgehead atoms. The molecule has 1 unspecified atom stereocenters. The topological polar surface area (TPSA) is 15.3 Å². The fraction of sp³-hybridized carbons (Fsp3) is 1.00. The van der Waals surface area contributed by atoms with Crippen molar-refractivity contribution in [2.45, 2.75) is 77.3 Å². The Bertz CT molecular complexity index is 195. The van der Waals surface area contributed by atoms with Crippen LogP contribution in [-0.2, 0) is 0 Å². The molecule has 102 valence electrons. The maximum atomic E-state index is 3.47. The molecular formula is C15H32N2. The van der Waals surface area contributed by atoms with Crippen LogP contribution in [-0.4, -0.2) is 36.6 Å². The molecule has 0 aromatic carbocycles. The van der Waals surface area contributed by atoms with E-state index in [9.17, 15) is 0 Å². The number of unbranched alkanes of at least 4 members (excludes halogenated alkanes) is 3. The highest BCUT2D eigenvalue weighted by atomic mass is 15.2. The Labute approximate surface area is 108 Å². The molecule has 0 aliphatic carbocycles. The number of hydrogen-bond donors (Lipinski definition) is 1. The van der Waals surface area contributed by atoms with Crippen molar-refractivity contribution in [3.05, 3.63) is 0 Å². The molecule has 0 amide bonds. The van der Waals surface area contributed by atoms with Gasteiger partial charge in [-0.2, -0.15) is 0 Å². The van der Waals surface area contributed by atoms with Crippen molar-refractivity contribution < 1.29 is 0 Å². The molecule has 0 aromatic heterocycles. The third-order valence-corrected chi connectivity index (χ3v) is 4.60. The molecule has 17 heavy (non-hydrogen) atoms. The highest BCUT2D eigenvalue weighted by Crippen LogP contribution is 2.23. The first-order chi connectivity index (χ1) is 8.11. The standard InChI is InChI=1S/C15H32N2/c1-5-6-7-8-9-14(2)17-12-10-15(3,16-4)11-13-17/h14,16H,5-13H2,1-4H3. The number of piperidine rings is 1. The molecule has 1 saturated heterocycles. The summed E-state index contributed by atoms with van der Waals surface area (Å²) in [6, 6.07) is 0.785. The molecule has 0 saturated carbocycles. The largest absolute Gasteiger partial charge is 0.314 e. The first kappa shape index (κ1) is 15.0. The summed E-state index contributed by atoms with van der Waals surface area (Å²) < 4.78 is 0. The lowest BCUT2D eigenvalue weighted by atomic mass is 9.89. The average molecular weight is 240 g/mol. The predicted octanol–water partition coefficient (Wildman–Crippen LogP) is 3.42. The van der Waals surface area contributed by atoms with Crippen molar-refractivity contribution in [2.75, 3.05) is 20.1 Å². The zero-order valence-corrected chi connectivity index (χ0v) is 12.4. The van der Waals surface area contributed by atoms with Gasteiger partial charge in [0.2, 0.25) is 0 Å². The predicted molar refractivity (Wildman–Crippen MR) is 76.5 cm³/mol. The highest BCUT2D eigenvalue weighted by molar-refractivity contribution is 4.89. The van der Waals surface area contributed by atoms with Crippen LogP contribution in [0.5, 0.6) is 0 Å². The Balaban J connectivity index is 2.19. The number of nitrogens with zero attached hydrogens (tertiary/aromatic N) is 1. The van der Waals surface area contributed by atoms with E-state index in [0.29, 0.717) is 5.54 Å². The molecule has 0 aromatic rings. The Kier molecular flexibility index (Phi) is 6.50. The van der Waals surface area contributed by atoms with Crippen LogP contribution in [0.1, 0.15) is 65.7 Å². The van der Waals surface area contributed by atoms with E-state index in [0.717, 1.165) is 6.04 Å². The normalized spacial score (nSPS) is 22.6. The van der Waals surface area contributed by atoms with E-state index in [4.69, 9.17) is 0 Å². The molecule has 1 fully saturated rings. The third kappa shape index (κ3) is 4.97. The van der Waals surface area contributed by atoms with Gasteiger partial charge in [-0.15, -0.1) is 0 Å². The zero-order valence-electron chi connectivity index (χ0n) is 12.4. The van der Waals surface area contributed by atoms with Crippen LogP contribution in [0.2, 0.25) is 0 Å². The van der Waals surface area contributed by atoms with Crippen molar-refractivity contribution in [2.24, 2.45) is 0 Å². The van der Waals surface area contributed by atoms with Gasteiger partial charge < -0.3 is 10.2 Å². The van der Waals surface area contributed by atoms with Crippen LogP contribution in [0.25, 0.3) is 0 Å². The Hall–Kier alpha value is -0.0800. The SMILES string of the molecule is CCCCCCC(C)N1CCC(C)(NC)CC1. The van der Waals surface area contributed by atoms with Gasteiger partial charge >= 0.3 is 0 Å². The van der Waals surface area contributed by atoms with Crippen LogP contribution in [0.3, 0.4) is 0 Å². The van der Waals surface area contributed by atoms with E-state index in [-0.39, 0.29) is 0 Å². The van der Waals surface area contributed by atoms with Gasteiger partial charge in [-0.1, -0.05) is 32.6 Å². The monoisotopic (exact) mass is 240 g/mol. The molecule has 0 radical (unpaired) electrons. The lowest BCUT2D eigenvalue weighted by molar-refractivity contribution is 0.112. The van der Waals surface area contributed by atoms with E-state index in [2.05, 4.69) is 38.0 Å². The van der Waals surface area contributed by atoms with Gasteiger partial charge in [0, 0.05) is 24.7 Å². The maximum Gasteiger partial charge on any atom is 0.0174 e. The second kappa shape index (κ2) is 7.38. The van der Waals surface area contributed by atoms with E-state index < -0.39 is 0 Å². The average Bonchev–Trinajstić information content (AvgIpc) is 2.35. The number of nitrogens with one attached hydrogen (secondary N) is 1. The quantitative estimate of drug-likeness (QED) is 0.686. The fourth-order valence-corrected chi connectivity index (χ4v) is 2.76. The van der Waals surface area contributed by atoms with Crippen LogP contribution < -0.4 is 5.32 Å². The highest BCUT2D eigenvalue weighted by Gasteiger charge is 2.29. The van der Waals surface area contributed by atoms with Gasteiger partial charge in [-0.3, -0.25) is 0 Å². The van der Waals surface area contributed by atoms with Crippen molar-refractivity contribution >= 4 is 0 Å². The second-order valence-corrected chi connectivity index (χ2v) is 6.04. The maximum absolute atomic E-state index is 3.47. The van der Waals surface area contributed by atoms with E-state index in [1.807, 2.05) is 0 Å². The summed E-state index contributed by atoms with van der Waals surface area (Å²) >= 11 is 0. The molecule has 1 aliphatic rings. The summed E-state index contributed by atoms with van der Waals surface area (Å²) in [5, 5.41) is 3.47. The second-order valence-electron chi connectivity index (χ2n) is 6.04. The molecule has 1 N–H and O–H groups in total. The van der Waals surface area contributed by atoms with Gasteiger partial charge in [0.25, 0.3) is 0 Å². The van der Waals surface area contributed by atoms with E-state index >= 15 is 0 Å². The minimum absolute atomic E-state index is 0.387. The van der Waals surface area contributed by atoms with Crippen LogP contribution in [0, 0.1) is 0 Å². The van der Waals surface area contributed by atoms with Crippen LogP contribution in [0.15, 0.2) is 0 Å². The molecule has 0 spiro atoms. The van der Waals surface area contributed by atoms with Crippen molar-refractivity contribution in [3.63, 3.8) is 0 Å². The van der Waals surface area contributed by atoms with E-state index in [1.54, 1.807) is 0 Å². The van der Waals surface area contributed by atoms with Crippen molar-refractivity contribution in [1.29, 1.82) is 0 Å². The summed E-state index contributed by atoms with van der Waals surface area (Å²) in [5.41, 5.74) is 0.387. The fourth-order valence-electron chi connectivity index (χ4n) is 2.76. The van der Waals surface area contributed by atoms with Gasteiger partial charge in [0.15, 0.2) is 0 Å². The smallest absolute Gasteiger partial charge is 0.0174 e. The number of likely N-dealkylation sites (tertiary alicyclic amines) is 1. The van der Waals surface area contributed by atoms with Crippen molar-refractivity contribution in [3.8, 4) is 0 Å². The van der Waals surface area contributed by atoms with Crippen molar-refractivity contribution in [1.82, 2.24) is 10.2 Å². The molecule has 2 nitrogen and oxygen atoms in total. The third-order valence-electron chi connectivity index (χ3n) is 4.60. The molecule has 1 heterocycles. The summed E-state index contributed by atoms with van der Waals surface area (Å²) in [4.78, 5) is 2.69. The van der Waals surface area contributed by atoms with Gasteiger partial charge in [0.1, 0.15) is 0 Å². The summed E-state index contributed by atoms with van der Waals surface area (Å²) in [6.07, 6.45) is 9.56. The summed E-state index contributed by atoms with van der Waals surface area (Å²) in [7, 11) is 2.10. The zero-order chi connectivity index (χ0) is 12.7. The number of rotatable bonds is 7. The Morgan fingerprint density at radius 2 is 1.82 bits per heavy atom. The van der Waals surface area contributed by atoms with Crippen LogP contribution in [0.4, 0.5) is 0 Å². The lowest BCUT2D eigenvalue weighted by Crippen LogP contribution is -2.51. The van der Waals surface area contributed by atoms with Gasteiger partial charge in [-0.25, -0.2) is 0 Å². The van der Waals surface area contributed by atoms with Gasteiger partial charge in [0.05, 0.1) is 0 Å². The first-order valence-corrected chi connectivity index (χ1v) is 7.54. The molecule has 1 aliphatic heterocycles. The summed E-state index contributed by atoms with van der Waals surface area (Å²) in [6.45, 7) is 9.59. The number of hydrogen-bond acceptors (Lipinski definition) is 2. The molecular weight excluding hydrogens is 208 g/mol. The minimum atomic E-state index is 0.387. The van der Waals surface area contributed by atoms with E-state index in [1.165, 1.54) is 58.0 Å².